The molecule has 0 N–H and O–H groups in total. The number of rotatable bonds is 6. The molecule has 11 rings (SSSR count). The van der Waals surface area contributed by atoms with E-state index in [0.29, 0.717) is 0 Å². The molecule has 0 radical (unpaired) electrons. The molecule has 1 aliphatic carbocycles. The topological polar surface area (TPSA) is 16.4 Å². The van der Waals surface area contributed by atoms with Gasteiger partial charge >= 0.3 is 0 Å². The fourth-order valence-electron chi connectivity index (χ4n) is 9.07. The van der Waals surface area contributed by atoms with E-state index in [4.69, 9.17) is 4.42 Å². The fraction of sp³-hybridized carbons (Fsp3) is 0.0545. The first-order chi connectivity index (χ1) is 28.0. The van der Waals surface area contributed by atoms with Gasteiger partial charge in [0.15, 0.2) is 0 Å². The van der Waals surface area contributed by atoms with Crippen LogP contribution in [-0.2, 0) is 5.41 Å². The second-order valence-electron chi connectivity index (χ2n) is 15.7. The van der Waals surface area contributed by atoms with E-state index in [1.807, 2.05) is 12.1 Å². The predicted octanol–water partition coefficient (Wildman–Crippen LogP) is 15.5. The third-order valence-electron chi connectivity index (χ3n) is 12.1. The number of para-hydroxylation sites is 1. The lowest BCUT2D eigenvalue weighted by Gasteiger charge is -2.29. The third-order valence-corrected chi connectivity index (χ3v) is 12.1. The Hall–Kier alpha value is -7.16. The number of benzene rings is 9. The van der Waals surface area contributed by atoms with E-state index in [1.165, 1.54) is 55.3 Å². The van der Waals surface area contributed by atoms with Gasteiger partial charge in [0.2, 0.25) is 0 Å². The van der Waals surface area contributed by atoms with Gasteiger partial charge in [-0.15, -0.1) is 0 Å². The van der Waals surface area contributed by atoms with E-state index >= 15 is 0 Å². The largest absolute Gasteiger partial charge is 0.456 e. The van der Waals surface area contributed by atoms with E-state index in [1.54, 1.807) is 0 Å². The maximum Gasteiger partial charge on any atom is 0.136 e. The van der Waals surface area contributed by atoms with E-state index < -0.39 is 0 Å². The van der Waals surface area contributed by atoms with Crippen molar-refractivity contribution in [2.45, 2.75) is 19.3 Å². The normalized spacial score (nSPS) is 12.9. The summed E-state index contributed by atoms with van der Waals surface area (Å²) in [5.74, 6) is 0. The fourth-order valence-corrected chi connectivity index (χ4v) is 9.07. The summed E-state index contributed by atoms with van der Waals surface area (Å²) in [6, 6.07) is 72.7. The lowest BCUT2D eigenvalue weighted by Crippen LogP contribution is -2.16. The van der Waals surface area contributed by atoms with Crippen LogP contribution in [0.4, 0.5) is 17.1 Å². The van der Waals surface area contributed by atoms with Crippen molar-refractivity contribution in [2.24, 2.45) is 0 Å². The number of anilines is 3. The van der Waals surface area contributed by atoms with Crippen LogP contribution in [0.1, 0.15) is 25.0 Å². The van der Waals surface area contributed by atoms with Crippen LogP contribution in [0.2, 0.25) is 0 Å². The van der Waals surface area contributed by atoms with Crippen LogP contribution in [0.5, 0.6) is 0 Å². The van der Waals surface area contributed by atoms with Gasteiger partial charge in [-0.1, -0.05) is 159 Å². The minimum atomic E-state index is -0.163. The number of hydrogen-bond donors (Lipinski definition) is 0. The molecule has 0 atom stereocenters. The van der Waals surface area contributed by atoms with Crippen molar-refractivity contribution in [3.63, 3.8) is 0 Å². The quantitative estimate of drug-likeness (QED) is 0.169. The van der Waals surface area contributed by atoms with Crippen LogP contribution in [-0.4, -0.2) is 0 Å². The summed E-state index contributed by atoms with van der Waals surface area (Å²) in [4.78, 5) is 2.43. The van der Waals surface area contributed by atoms with E-state index in [-0.39, 0.29) is 5.41 Å². The molecule has 0 bridgehead atoms. The molecule has 270 valence electrons. The number of fused-ring (bicyclic) bond motifs is 7. The Labute approximate surface area is 332 Å². The first kappa shape index (κ1) is 33.2. The third kappa shape index (κ3) is 5.48. The van der Waals surface area contributed by atoms with Gasteiger partial charge in [-0.3, -0.25) is 0 Å². The molecule has 0 fully saturated rings. The Morgan fingerprint density at radius 1 is 0.368 bits per heavy atom. The van der Waals surface area contributed by atoms with Gasteiger partial charge in [-0.05, 0) is 116 Å². The molecule has 0 aliphatic heterocycles. The molecule has 57 heavy (non-hydrogen) atoms. The summed E-state index contributed by atoms with van der Waals surface area (Å²) >= 11 is 0. The molecule has 0 saturated carbocycles. The Bertz CT molecular complexity index is 3130. The van der Waals surface area contributed by atoms with Crippen molar-refractivity contribution < 1.29 is 4.42 Å². The molecular formula is C55H39NO. The second-order valence-corrected chi connectivity index (χ2v) is 15.7. The van der Waals surface area contributed by atoms with E-state index in [9.17, 15) is 0 Å². The molecule has 9 aromatic carbocycles. The summed E-state index contributed by atoms with van der Waals surface area (Å²) in [7, 11) is 0. The van der Waals surface area contributed by atoms with Crippen molar-refractivity contribution in [1.82, 2.24) is 0 Å². The highest BCUT2D eigenvalue weighted by Gasteiger charge is 2.36. The number of furan rings is 1. The van der Waals surface area contributed by atoms with Crippen LogP contribution in [0.25, 0.3) is 77.2 Å². The molecule has 0 spiro atoms. The van der Waals surface area contributed by atoms with Gasteiger partial charge in [0, 0.05) is 32.9 Å². The van der Waals surface area contributed by atoms with Gasteiger partial charge < -0.3 is 9.32 Å². The van der Waals surface area contributed by atoms with Crippen LogP contribution < -0.4 is 4.90 Å². The number of nitrogens with zero attached hydrogens (tertiary/aromatic N) is 1. The summed E-state index contributed by atoms with van der Waals surface area (Å²) in [5.41, 5.74) is 17.6. The molecule has 1 aliphatic rings. The highest BCUT2D eigenvalue weighted by Crippen LogP contribution is 2.52. The van der Waals surface area contributed by atoms with Crippen LogP contribution in [0.15, 0.2) is 205 Å². The van der Waals surface area contributed by atoms with Gasteiger partial charge in [0.1, 0.15) is 11.2 Å². The number of hydrogen-bond acceptors (Lipinski definition) is 2. The zero-order valence-electron chi connectivity index (χ0n) is 31.9. The molecule has 2 nitrogen and oxygen atoms in total. The van der Waals surface area contributed by atoms with Crippen LogP contribution >= 0.6 is 0 Å². The molecule has 2 heteroatoms. The SMILES string of the molecule is CC1(C)c2cc(-c3ccccc3)ccc2-c2ccc(N(c3ccc(-c4ccc(-c5ccc6c(c5)oc5ccccc56)cc4)cc3)c3cccc4ccccc34)cc21. The summed E-state index contributed by atoms with van der Waals surface area (Å²) < 4.78 is 6.19. The van der Waals surface area contributed by atoms with Crippen molar-refractivity contribution in [1.29, 1.82) is 0 Å². The molecule has 0 unspecified atom stereocenters. The van der Waals surface area contributed by atoms with Gasteiger partial charge in [-0.2, -0.15) is 0 Å². The maximum atomic E-state index is 6.19. The van der Waals surface area contributed by atoms with E-state index in [2.05, 4.69) is 207 Å². The van der Waals surface area contributed by atoms with Crippen LogP contribution in [0, 0.1) is 0 Å². The second kappa shape index (κ2) is 13.0. The summed E-state index contributed by atoms with van der Waals surface area (Å²) in [6.07, 6.45) is 0. The Morgan fingerprint density at radius 2 is 0.895 bits per heavy atom. The predicted molar refractivity (Wildman–Crippen MR) is 240 cm³/mol. The van der Waals surface area contributed by atoms with Gasteiger partial charge in [-0.25, -0.2) is 0 Å². The first-order valence-electron chi connectivity index (χ1n) is 19.7. The lowest BCUT2D eigenvalue weighted by atomic mass is 9.81. The Kier molecular flexibility index (Phi) is 7.55. The smallest absolute Gasteiger partial charge is 0.136 e. The molecule has 0 amide bonds. The van der Waals surface area contributed by atoms with Crippen molar-refractivity contribution in [3.05, 3.63) is 211 Å². The summed E-state index contributed by atoms with van der Waals surface area (Å²) in [5, 5.41) is 4.74. The van der Waals surface area contributed by atoms with E-state index in [0.717, 1.165) is 50.1 Å². The van der Waals surface area contributed by atoms with Crippen LogP contribution in [0.3, 0.4) is 0 Å². The first-order valence-corrected chi connectivity index (χ1v) is 19.7. The zero-order chi connectivity index (χ0) is 38.1. The molecule has 1 heterocycles. The highest BCUT2D eigenvalue weighted by molar-refractivity contribution is 6.06. The van der Waals surface area contributed by atoms with Gasteiger partial charge in [0.05, 0.1) is 5.69 Å². The van der Waals surface area contributed by atoms with Gasteiger partial charge in [0.25, 0.3) is 0 Å². The minimum Gasteiger partial charge on any atom is -0.456 e. The van der Waals surface area contributed by atoms with Crippen molar-refractivity contribution in [3.8, 4) is 44.5 Å². The maximum absolute atomic E-state index is 6.19. The minimum absolute atomic E-state index is 0.163. The van der Waals surface area contributed by atoms with Crippen molar-refractivity contribution in [2.75, 3.05) is 4.90 Å². The Morgan fingerprint density at radius 3 is 1.68 bits per heavy atom. The molecule has 1 aromatic heterocycles. The highest BCUT2D eigenvalue weighted by atomic mass is 16.3. The zero-order valence-corrected chi connectivity index (χ0v) is 31.9. The average Bonchev–Trinajstić information content (AvgIpc) is 3.75. The van der Waals surface area contributed by atoms with Crippen molar-refractivity contribution >= 4 is 49.8 Å². The average molecular weight is 730 g/mol. The standard InChI is InChI=1S/C55H39NO/c1-55(2)50-33-41(36-11-4-3-5-12-36)25-30-46(50)47-32-29-44(35-51(47)55)56(52-17-10-14-40-13-6-7-15-45(40)52)43-27-23-38(24-28-43)37-19-21-39(22-20-37)42-26-31-49-48-16-8-9-18-53(48)57-54(49)34-42/h3-35H,1-2H3. The molecular weight excluding hydrogens is 691 g/mol. The summed E-state index contributed by atoms with van der Waals surface area (Å²) in [6.45, 7) is 4.74. The monoisotopic (exact) mass is 729 g/mol. The molecule has 0 saturated heterocycles. The molecule has 10 aromatic rings. The Balaban J connectivity index is 0.956. The lowest BCUT2D eigenvalue weighted by molar-refractivity contribution is 0.660.